The smallest absolute Gasteiger partial charge is 0.341 e. The quantitative estimate of drug-likeness (QED) is 0.885. The lowest BCUT2D eigenvalue weighted by atomic mass is 10.0. The maximum absolute atomic E-state index is 12.6. The van der Waals surface area contributed by atoms with Crippen molar-refractivity contribution >= 4 is 11.9 Å². The molecule has 0 unspecified atom stereocenters. The first-order valence-corrected chi connectivity index (χ1v) is 7.63. The van der Waals surface area contributed by atoms with Gasteiger partial charge in [0.15, 0.2) is 6.61 Å². The molecule has 2 aromatic carbocycles. The fraction of sp³-hybridized carbons (Fsp3) is 0.263. The number of carboxylic acids is 1. The van der Waals surface area contributed by atoms with Crippen molar-refractivity contribution in [3.05, 3.63) is 64.7 Å². The molecule has 5 nitrogen and oxygen atoms in total. The minimum atomic E-state index is -1.02. The fourth-order valence-corrected chi connectivity index (χ4v) is 2.44. The second kappa shape index (κ2) is 7.64. The molecular weight excluding hydrogens is 306 g/mol. The zero-order valence-corrected chi connectivity index (χ0v) is 14.1. The Morgan fingerprint density at radius 3 is 2.33 bits per heavy atom. The van der Waals surface area contributed by atoms with E-state index in [0.29, 0.717) is 17.9 Å². The van der Waals surface area contributed by atoms with Gasteiger partial charge < -0.3 is 14.7 Å². The second-order valence-corrected chi connectivity index (χ2v) is 5.81. The SMILES string of the molecule is Cc1ccc(C(=O)N(C)Cc2ccc(OCC(=O)O)cc2)c(C)c1. The van der Waals surface area contributed by atoms with E-state index in [4.69, 9.17) is 9.84 Å². The number of benzene rings is 2. The van der Waals surface area contributed by atoms with Gasteiger partial charge in [-0.05, 0) is 43.2 Å². The van der Waals surface area contributed by atoms with Crippen LogP contribution in [0.3, 0.4) is 0 Å². The Hall–Kier alpha value is -2.82. The van der Waals surface area contributed by atoms with Crippen LogP contribution in [0.25, 0.3) is 0 Å². The second-order valence-electron chi connectivity index (χ2n) is 5.81. The highest BCUT2D eigenvalue weighted by Gasteiger charge is 2.14. The van der Waals surface area contributed by atoms with E-state index < -0.39 is 5.97 Å². The van der Waals surface area contributed by atoms with Crippen LogP contribution < -0.4 is 4.74 Å². The highest BCUT2D eigenvalue weighted by Crippen LogP contribution is 2.16. The van der Waals surface area contributed by atoms with Gasteiger partial charge in [-0.1, -0.05) is 29.8 Å². The fourth-order valence-electron chi connectivity index (χ4n) is 2.44. The first kappa shape index (κ1) is 17.5. The standard InChI is InChI=1S/C19H21NO4/c1-13-4-9-17(14(2)10-13)19(23)20(3)11-15-5-7-16(8-6-15)24-12-18(21)22/h4-10H,11-12H2,1-3H3,(H,21,22). The summed E-state index contributed by atoms with van der Waals surface area (Å²) in [5.41, 5.74) is 3.73. The molecule has 126 valence electrons. The van der Waals surface area contributed by atoms with Crippen LogP contribution in [0.5, 0.6) is 5.75 Å². The number of hydrogen-bond acceptors (Lipinski definition) is 3. The lowest BCUT2D eigenvalue weighted by Gasteiger charge is -2.19. The lowest BCUT2D eigenvalue weighted by Crippen LogP contribution is -2.26. The summed E-state index contributed by atoms with van der Waals surface area (Å²) >= 11 is 0. The third-order valence-electron chi connectivity index (χ3n) is 3.66. The van der Waals surface area contributed by atoms with E-state index in [0.717, 1.165) is 16.7 Å². The summed E-state index contributed by atoms with van der Waals surface area (Å²) < 4.78 is 5.09. The summed E-state index contributed by atoms with van der Waals surface area (Å²) in [4.78, 5) is 24.7. The molecule has 1 amide bonds. The van der Waals surface area contributed by atoms with Crippen molar-refractivity contribution in [2.75, 3.05) is 13.7 Å². The predicted octanol–water partition coefficient (Wildman–Crippen LogP) is 3.04. The molecule has 0 aliphatic rings. The Balaban J connectivity index is 2.02. The molecule has 2 rings (SSSR count). The Morgan fingerprint density at radius 2 is 1.75 bits per heavy atom. The van der Waals surface area contributed by atoms with Crippen LogP contribution in [0.4, 0.5) is 0 Å². The summed E-state index contributed by atoms with van der Waals surface area (Å²) in [6, 6.07) is 12.8. The first-order chi connectivity index (χ1) is 11.4. The minimum absolute atomic E-state index is 0.0290. The van der Waals surface area contributed by atoms with Gasteiger partial charge in [-0.3, -0.25) is 4.79 Å². The molecule has 24 heavy (non-hydrogen) atoms. The number of carbonyl (C=O) groups is 2. The van der Waals surface area contributed by atoms with Gasteiger partial charge >= 0.3 is 5.97 Å². The van der Waals surface area contributed by atoms with Gasteiger partial charge in [0.1, 0.15) is 5.75 Å². The number of carboxylic acid groups (broad SMARTS) is 1. The maximum Gasteiger partial charge on any atom is 0.341 e. The van der Waals surface area contributed by atoms with Crippen molar-refractivity contribution in [3.63, 3.8) is 0 Å². The summed E-state index contributed by atoms with van der Waals surface area (Å²) in [5, 5.41) is 8.59. The van der Waals surface area contributed by atoms with Crippen molar-refractivity contribution in [1.82, 2.24) is 4.90 Å². The summed E-state index contributed by atoms with van der Waals surface area (Å²) in [6.07, 6.45) is 0. The maximum atomic E-state index is 12.6. The van der Waals surface area contributed by atoms with E-state index in [9.17, 15) is 9.59 Å². The zero-order chi connectivity index (χ0) is 17.7. The van der Waals surface area contributed by atoms with Crippen LogP contribution >= 0.6 is 0 Å². The molecule has 0 radical (unpaired) electrons. The molecule has 0 saturated heterocycles. The van der Waals surface area contributed by atoms with E-state index in [-0.39, 0.29) is 12.5 Å². The number of ether oxygens (including phenoxy) is 1. The van der Waals surface area contributed by atoms with Crippen molar-refractivity contribution < 1.29 is 19.4 Å². The van der Waals surface area contributed by atoms with Crippen molar-refractivity contribution in [3.8, 4) is 5.75 Å². The van der Waals surface area contributed by atoms with Crippen molar-refractivity contribution in [1.29, 1.82) is 0 Å². The number of hydrogen-bond donors (Lipinski definition) is 1. The van der Waals surface area contributed by atoms with Gasteiger partial charge in [0.05, 0.1) is 0 Å². The summed E-state index contributed by atoms with van der Waals surface area (Å²) in [6.45, 7) is 4.03. The summed E-state index contributed by atoms with van der Waals surface area (Å²) in [7, 11) is 1.76. The third-order valence-corrected chi connectivity index (χ3v) is 3.66. The molecule has 0 aliphatic heterocycles. The zero-order valence-electron chi connectivity index (χ0n) is 14.1. The number of amides is 1. The van der Waals surface area contributed by atoms with Crippen LogP contribution in [0.15, 0.2) is 42.5 Å². The molecule has 0 saturated carbocycles. The number of aryl methyl sites for hydroxylation is 2. The number of carbonyl (C=O) groups excluding carboxylic acids is 1. The van der Waals surface area contributed by atoms with Gasteiger partial charge in [-0.2, -0.15) is 0 Å². The molecular formula is C19H21NO4. The molecule has 5 heteroatoms. The van der Waals surface area contributed by atoms with E-state index in [1.54, 1.807) is 24.1 Å². The number of aliphatic carboxylic acids is 1. The average molecular weight is 327 g/mol. The monoisotopic (exact) mass is 327 g/mol. The largest absolute Gasteiger partial charge is 0.482 e. The van der Waals surface area contributed by atoms with E-state index >= 15 is 0 Å². The molecule has 0 fully saturated rings. The lowest BCUT2D eigenvalue weighted by molar-refractivity contribution is -0.139. The van der Waals surface area contributed by atoms with Crippen LogP contribution in [0.2, 0.25) is 0 Å². The average Bonchev–Trinajstić information content (AvgIpc) is 2.53. The third kappa shape index (κ3) is 4.59. The highest BCUT2D eigenvalue weighted by molar-refractivity contribution is 5.95. The Labute approximate surface area is 141 Å². The Morgan fingerprint density at radius 1 is 1.08 bits per heavy atom. The molecule has 1 N–H and O–H groups in total. The summed E-state index contributed by atoms with van der Waals surface area (Å²) in [5.74, 6) is -0.555. The normalized spacial score (nSPS) is 10.3. The Bertz CT molecular complexity index is 738. The van der Waals surface area contributed by atoms with Gasteiger partial charge in [0.25, 0.3) is 5.91 Å². The molecule has 0 heterocycles. The Kier molecular flexibility index (Phi) is 5.58. The predicted molar refractivity (Wildman–Crippen MR) is 91.3 cm³/mol. The van der Waals surface area contributed by atoms with Crippen molar-refractivity contribution in [2.45, 2.75) is 20.4 Å². The molecule has 0 spiro atoms. The number of nitrogens with zero attached hydrogens (tertiary/aromatic N) is 1. The first-order valence-electron chi connectivity index (χ1n) is 7.63. The molecule has 0 atom stereocenters. The molecule has 0 aromatic heterocycles. The topological polar surface area (TPSA) is 66.8 Å². The van der Waals surface area contributed by atoms with Crippen molar-refractivity contribution in [2.24, 2.45) is 0 Å². The molecule has 2 aromatic rings. The minimum Gasteiger partial charge on any atom is -0.482 e. The van der Waals surface area contributed by atoms with Gasteiger partial charge in [0.2, 0.25) is 0 Å². The van der Waals surface area contributed by atoms with Crippen LogP contribution in [-0.2, 0) is 11.3 Å². The van der Waals surface area contributed by atoms with Gasteiger partial charge in [-0.15, -0.1) is 0 Å². The van der Waals surface area contributed by atoms with Gasteiger partial charge in [-0.25, -0.2) is 4.79 Å². The van der Waals surface area contributed by atoms with Crippen LogP contribution in [0.1, 0.15) is 27.0 Å². The van der Waals surface area contributed by atoms with E-state index in [1.165, 1.54) is 0 Å². The van der Waals surface area contributed by atoms with Gasteiger partial charge in [0, 0.05) is 19.2 Å². The van der Waals surface area contributed by atoms with Crippen LogP contribution in [0, 0.1) is 13.8 Å². The van der Waals surface area contributed by atoms with Crippen LogP contribution in [-0.4, -0.2) is 35.5 Å². The van der Waals surface area contributed by atoms with E-state index in [2.05, 4.69) is 0 Å². The van der Waals surface area contributed by atoms with E-state index in [1.807, 2.05) is 44.2 Å². The highest BCUT2D eigenvalue weighted by atomic mass is 16.5. The molecule has 0 aliphatic carbocycles. The number of rotatable bonds is 6. The molecule has 0 bridgehead atoms.